The van der Waals surface area contributed by atoms with Crippen LogP contribution in [0.5, 0.6) is 5.75 Å². The van der Waals surface area contributed by atoms with Gasteiger partial charge in [-0.25, -0.2) is 4.39 Å². The van der Waals surface area contributed by atoms with E-state index in [1.807, 2.05) is 0 Å². The minimum Gasteiger partial charge on any atom is -0.406 e. The van der Waals surface area contributed by atoms with E-state index in [9.17, 15) is 40.3 Å². The Morgan fingerprint density at radius 1 is 1.03 bits per heavy atom. The van der Waals surface area contributed by atoms with E-state index >= 15 is 0 Å². The van der Waals surface area contributed by atoms with Crippen molar-refractivity contribution in [3.8, 4) is 5.75 Å². The summed E-state index contributed by atoms with van der Waals surface area (Å²) < 4.78 is 96.1. The van der Waals surface area contributed by atoms with Crippen LogP contribution in [0.4, 0.5) is 36.4 Å². The SMILES string of the molecule is O=C(Nc1cc(F)cc(OC(F)(F)F)c1)[C@H]1c2ccccc2C(=O)N(CC(F)(F)F)[C@@H]1c1cccnc1. The minimum atomic E-state index is -5.14. The van der Waals surface area contributed by atoms with Crippen molar-refractivity contribution in [2.45, 2.75) is 24.5 Å². The third kappa shape index (κ3) is 5.98. The van der Waals surface area contributed by atoms with Crippen molar-refractivity contribution in [2.24, 2.45) is 0 Å². The molecular formula is C24H16F7N3O3. The molecule has 3 aromatic rings. The van der Waals surface area contributed by atoms with Crippen LogP contribution >= 0.6 is 0 Å². The molecule has 4 rings (SSSR count). The molecule has 194 valence electrons. The summed E-state index contributed by atoms with van der Waals surface area (Å²) in [5, 5.41) is 2.25. The number of aromatic nitrogens is 1. The molecule has 1 aliphatic heterocycles. The molecule has 1 N–H and O–H groups in total. The van der Waals surface area contributed by atoms with Gasteiger partial charge in [0.2, 0.25) is 5.91 Å². The number of nitrogens with one attached hydrogen (secondary N) is 1. The molecule has 0 spiro atoms. The number of benzene rings is 2. The predicted octanol–water partition coefficient (Wildman–Crippen LogP) is 5.60. The summed E-state index contributed by atoms with van der Waals surface area (Å²) >= 11 is 0. The maximum absolute atomic E-state index is 14.0. The second-order valence-corrected chi connectivity index (χ2v) is 8.06. The molecular weight excluding hydrogens is 511 g/mol. The second-order valence-electron chi connectivity index (χ2n) is 8.06. The lowest BCUT2D eigenvalue weighted by molar-refractivity contribution is -0.274. The fourth-order valence-corrected chi connectivity index (χ4v) is 4.21. The molecule has 1 aliphatic rings. The van der Waals surface area contributed by atoms with Crippen LogP contribution < -0.4 is 10.1 Å². The van der Waals surface area contributed by atoms with E-state index < -0.39 is 60.1 Å². The number of carbonyl (C=O) groups excluding carboxylic acids is 2. The van der Waals surface area contributed by atoms with Gasteiger partial charge in [0.1, 0.15) is 18.1 Å². The molecule has 1 aromatic heterocycles. The van der Waals surface area contributed by atoms with Gasteiger partial charge in [-0.2, -0.15) is 13.2 Å². The Balaban J connectivity index is 1.80. The van der Waals surface area contributed by atoms with Crippen LogP contribution in [0.3, 0.4) is 0 Å². The van der Waals surface area contributed by atoms with E-state index in [1.165, 1.54) is 48.8 Å². The van der Waals surface area contributed by atoms with Crippen molar-refractivity contribution < 1.29 is 45.1 Å². The van der Waals surface area contributed by atoms with E-state index in [0.717, 1.165) is 0 Å². The number of nitrogens with zero attached hydrogens (tertiary/aromatic N) is 2. The highest BCUT2D eigenvalue weighted by molar-refractivity contribution is 6.04. The Bertz CT molecular complexity index is 1310. The maximum Gasteiger partial charge on any atom is 0.573 e. The summed E-state index contributed by atoms with van der Waals surface area (Å²) in [5.41, 5.74) is -0.408. The van der Waals surface area contributed by atoms with E-state index in [2.05, 4.69) is 15.0 Å². The number of alkyl halides is 6. The Labute approximate surface area is 204 Å². The number of rotatable bonds is 5. The number of hydrogen-bond acceptors (Lipinski definition) is 4. The average Bonchev–Trinajstić information content (AvgIpc) is 2.79. The van der Waals surface area contributed by atoms with Crippen molar-refractivity contribution in [3.63, 3.8) is 0 Å². The fraction of sp³-hybridized carbons (Fsp3) is 0.208. The van der Waals surface area contributed by atoms with Crippen molar-refractivity contribution in [1.29, 1.82) is 0 Å². The number of carbonyl (C=O) groups is 2. The van der Waals surface area contributed by atoms with Gasteiger partial charge in [0.05, 0.1) is 12.0 Å². The first-order valence-corrected chi connectivity index (χ1v) is 10.6. The number of fused-ring (bicyclic) bond motifs is 1. The van der Waals surface area contributed by atoms with Gasteiger partial charge in [-0.15, -0.1) is 13.2 Å². The normalized spacial score (nSPS) is 17.8. The monoisotopic (exact) mass is 527 g/mol. The van der Waals surface area contributed by atoms with Gasteiger partial charge in [-0.1, -0.05) is 24.3 Å². The van der Waals surface area contributed by atoms with Gasteiger partial charge >= 0.3 is 12.5 Å². The van der Waals surface area contributed by atoms with Gasteiger partial charge in [0, 0.05) is 35.8 Å². The molecule has 0 unspecified atom stereocenters. The highest BCUT2D eigenvalue weighted by atomic mass is 19.4. The van der Waals surface area contributed by atoms with Crippen LogP contribution in [0, 0.1) is 5.82 Å². The second kappa shape index (κ2) is 9.71. The molecule has 0 radical (unpaired) electrons. The van der Waals surface area contributed by atoms with E-state index in [-0.39, 0.29) is 16.7 Å². The topological polar surface area (TPSA) is 71.5 Å². The molecule has 6 nitrogen and oxygen atoms in total. The molecule has 2 amide bonds. The summed E-state index contributed by atoms with van der Waals surface area (Å²) in [6.45, 7) is -1.69. The number of pyridine rings is 1. The quantitative estimate of drug-likeness (QED) is 0.439. The largest absolute Gasteiger partial charge is 0.573 e. The first kappa shape index (κ1) is 25.9. The zero-order valence-corrected chi connectivity index (χ0v) is 18.5. The van der Waals surface area contributed by atoms with Crippen LogP contribution in [0.2, 0.25) is 0 Å². The molecule has 0 aliphatic carbocycles. The van der Waals surface area contributed by atoms with Crippen LogP contribution in [0.25, 0.3) is 0 Å². The number of anilines is 1. The molecule has 2 heterocycles. The molecule has 0 saturated carbocycles. The lowest BCUT2D eigenvalue weighted by Crippen LogP contribution is -2.49. The van der Waals surface area contributed by atoms with Crippen molar-refractivity contribution in [1.82, 2.24) is 9.88 Å². The number of amides is 2. The first-order valence-electron chi connectivity index (χ1n) is 10.6. The third-order valence-electron chi connectivity index (χ3n) is 5.47. The molecule has 2 atom stereocenters. The van der Waals surface area contributed by atoms with Gasteiger partial charge in [0.25, 0.3) is 5.91 Å². The zero-order chi connectivity index (χ0) is 27.0. The first-order chi connectivity index (χ1) is 17.3. The third-order valence-corrected chi connectivity index (χ3v) is 5.47. The van der Waals surface area contributed by atoms with E-state index in [0.29, 0.717) is 23.1 Å². The van der Waals surface area contributed by atoms with Crippen LogP contribution in [0.1, 0.15) is 33.4 Å². The number of ether oxygens (including phenoxy) is 1. The number of halogens is 7. The molecule has 0 saturated heterocycles. The molecule has 0 fully saturated rings. The smallest absolute Gasteiger partial charge is 0.406 e. The van der Waals surface area contributed by atoms with Gasteiger partial charge in [-0.05, 0) is 29.3 Å². The lowest BCUT2D eigenvalue weighted by atomic mass is 9.79. The highest BCUT2D eigenvalue weighted by Gasteiger charge is 2.47. The van der Waals surface area contributed by atoms with Crippen LogP contribution in [-0.2, 0) is 4.79 Å². The Morgan fingerprint density at radius 3 is 2.41 bits per heavy atom. The van der Waals surface area contributed by atoms with Gasteiger partial charge in [-0.3, -0.25) is 14.6 Å². The molecule has 0 bridgehead atoms. The van der Waals surface area contributed by atoms with Gasteiger partial charge in [0.15, 0.2) is 0 Å². The van der Waals surface area contributed by atoms with E-state index in [4.69, 9.17) is 0 Å². The highest BCUT2D eigenvalue weighted by Crippen LogP contribution is 2.44. The summed E-state index contributed by atoms with van der Waals surface area (Å²) in [6, 6.07) is 8.72. The number of hydrogen-bond donors (Lipinski definition) is 1. The Hall–Kier alpha value is -4.16. The Kier molecular flexibility index (Phi) is 6.80. The predicted molar refractivity (Wildman–Crippen MR) is 115 cm³/mol. The minimum absolute atomic E-state index is 0.0837. The van der Waals surface area contributed by atoms with Crippen LogP contribution in [0.15, 0.2) is 67.0 Å². The fourth-order valence-electron chi connectivity index (χ4n) is 4.21. The van der Waals surface area contributed by atoms with Crippen molar-refractivity contribution in [2.75, 3.05) is 11.9 Å². The summed E-state index contributed by atoms with van der Waals surface area (Å²) in [7, 11) is 0. The maximum atomic E-state index is 14.0. The zero-order valence-electron chi connectivity index (χ0n) is 18.5. The lowest BCUT2D eigenvalue weighted by Gasteiger charge is -2.41. The summed E-state index contributed by atoms with van der Waals surface area (Å²) in [4.78, 5) is 31.0. The Morgan fingerprint density at radius 2 is 1.76 bits per heavy atom. The van der Waals surface area contributed by atoms with Gasteiger partial charge < -0.3 is 15.0 Å². The van der Waals surface area contributed by atoms with Crippen molar-refractivity contribution in [3.05, 3.63) is 89.5 Å². The van der Waals surface area contributed by atoms with Crippen molar-refractivity contribution >= 4 is 17.5 Å². The molecule has 2 aromatic carbocycles. The summed E-state index contributed by atoms with van der Waals surface area (Å²) in [5.74, 6) is -5.55. The van der Waals surface area contributed by atoms with Crippen LogP contribution in [-0.4, -0.2) is 40.8 Å². The summed E-state index contributed by atoms with van der Waals surface area (Å²) in [6.07, 6.45) is -7.41. The molecule has 37 heavy (non-hydrogen) atoms. The van der Waals surface area contributed by atoms with E-state index in [1.54, 1.807) is 0 Å². The standard InChI is InChI=1S/C24H16F7N3O3/c25-14-8-15(10-16(9-14)37-24(29,30)31)33-21(35)19-17-5-1-2-6-18(17)22(36)34(12-23(26,27)28)20(19)13-4-3-7-32-11-13/h1-11,19-20H,12H2,(H,33,35)/t19-,20+/m0/s1. The average molecular weight is 527 g/mol. The molecule has 13 heteroatoms.